The van der Waals surface area contributed by atoms with Gasteiger partial charge >= 0.3 is 0 Å². The monoisotopic (exact) mass is 294 g/mol. The summed E-state index contributed by atoms with van der Waals surface area (Å²) < 4.78 is 5.74. The zero-order valence-corrected chi connectivity index (χ0v) is 12.7. The van der Waals surface area contributed by atoms with Crippen molar-refractivity contribution in [2.24, 2.45) is 0 Å². The molecule has 112 valence electrons. The van der Waals surface area contributed by atoms with Gasteiger partial charge in [-0.1, -0.05) is 13.0 Å². The predicted molar refractivity (Wildman–Crippen MR) is 88.3 cm³/mol. The minimum absolute atomic E-state index is 0.0133. The Bertz CT molecular complexity index is 854. The Morgan fingerprint density at radius 2 is 1.95 bits per heavy atom. The third kappa shape index (κ3) is 2.48. The van der Waals surface area contributed by atoms with Crippen molar-refractivity contribution < 1.29 is 4.74 Å². The molecule has 1 aromatic carbocycles. The second-order valence-corrected chi connectivity index (χ2v) is 5.25. The number of ether oxygens (including phenoxy) is 1. The normalized spacial score (nSPS) is 10.8. The van der Waals surface area contributed by atoms with E-state index in [1.165, 1.54) is 0 Å². The Morgan fingerprint density at radius 3 is 2.68 bits per heavy atom. The summed E-state index contributed by atoms with van der Waals surface area (Å²) in [5.41, 5.74) is 3.22. The van der Waals surface area contributed by atoms with Crippen molar-refractivity contribution in [1.82, 2.24) is 9.97 Å². The molecule has 4 nitrogen and oxygen atoms in total. The highest BCUT2D eigenvalue weighted by atomic mass is 16.5. The summed E-state index contributed by atoms with van der Waals surface area (Å²) in [6, 6.07) is 7.51. The Morgan fingerprint density at radius 1 is 1.18 bits per heavy atom. The van der Waals surface area contributed by atoms with E-state index in [9.17, 15) is 4.79 Å². The van der Waals surface area contributed by atoms with Crippen molar-refractivity contribution in [2.75, 3.05) is 6.61 Å². The topological polar surface area (TPSA) is 55.0 Å². The van der Waals surface area contributed by atoms with Crippen LogP contribution in [-0.2, 0) is 0 Å². The van der Waals surface area contributed by atoms with Gasteiger partial charge in [-0.3, -0.25) is 9.78 Å². The van der Waals surface area contributed by atoms with Crippen LogP contribution in [0.25, 0.3) is 22.0 Å². The number of nitrogens with zero attached hydrogens (tertiary/aromatic N) is 1. The summed E-state index contributed by atoms with van der Waals surface area (Å²) in [5, 5.41) is 0.683. The molecule has 2 heterocycles. The fraction of sp³-hybridized carbons (Fsp3) is 0.222. The van der Waals surface area contributed by atoms with E-state index in [0.29, 0.717) is 17.6 Å². The van der Waals surface area contributed by atoms with Crippen LogP contribution >= 0.6 is 0 Å². The molecule has 0 unspecified atom stereocenters. The van der Waals surface area contributed by atoms with E-state index < -0.39 is 0 Å². The average Bonchev–Trinajstić information content (AvgIpc) is 2.55. The van der Waals surface area contributed by atoms with Crippen LogP contribution in [0.5, 0.6) is 5.75 Å². The zero-order chi connectivity index (χ0) is 15.5. The number of hydrogen-bond acceptors (Lipinski definition) is 3. The zero-order valence-electron chi connectivity index (χ0n) is 12.7. The molecular formula is C18H18N2O2. The van der Waals surface area contributed by atoms with Gasteiger partial charge in [-0.2, -0.15) is 0 Å². The molecular weight excluding hydrogens is 276 g/mol. The molecule has 1 N–H and O–H groups in total. The summed E-state index contributed by atoms with van der Waals surface area (Å²) in [7, 11) is 0. The first kappa shape index (κ1) is 14.3. The Labute approximate surface area is 128 Å². The second-order valence-electron chi connectivity index (χ2n) is 5.25. The maximum Gasteiger partial charge on any atom is 0.197 e. The number of rotatable bonds is 4. The summed E-state index contributed by atoms with van der Waals surface area (Å²) in [4.78, 5) is 20.1. The molecule has 0 saturated carbocycles. The highest BCUT2D eigenvalue weighted by molar-refractivity contribution is 5.90. The molecule has 2 aromatic heterocycles. The first-order valence-corrected chi connectivity index (χ1v) is 7.40. The first-order valence-electron chi connectivity index (χ1n) is 7.40. The van der Waals surface area contributed by atoms with Gasteiger partial charge in [0.05, 0.1) is 17.5 Å². The number of benzene rings is 1. The van der Waals surface area contributed by atoms with E-state index in [2.05, 4.69) is 16.9 Å². The van der Waals surface area contributed by atoms with Gasteiger partial charge in [-0.25, -0.2) is 0 Å². The van der Waals surface area contributed by atoms with Gasteiger partial charge in [0.1, 0.15) is 5.75 Å². The Balaban J connectivity index is 2.23. The quantitative estimate of drug-likeness (QED) is 0.798. The molecule has 22 heavy (non-hydrogen) atoms. The van der Waals surface area contributed by atoms with Crippen molar-refractivity contribution in [3.8, 4) is 16.9 Å². The summed E-state index contributed by atoms with van der Waals surface area (Å²) in [5.74, 6) is 0.723. The molecule has 0 bridgehead atoms. The lowest BCUT2D eigenvalue weighted by Gasteiger charge is -2.11. The van der Waals surface area contributed by atoms with Crippen LogP contribution < -0.4 is 10.2 Å². The van der Waals surface area contributed by atoms with E-state index in [0.717, 1.165) is 28.8 Å². The molecule has 0 saturated heterocycles. The number of hydrogen-bond donors (Lipinski definition) is 1. The number of aromatic nitrogens is 2. The van der Waals surface area contributed by atoms with Gasteiger partial charge in [0.15, 0.2) is 5.43 Å². The van der Waals surface area contributed by atoms with Crippen molar-refractivity contribution in [3.63, 3.8) is 0 Å². The SMILES string of the molecule is CCCOc1ccc(C)c2c(=O)c(-c3ccncc3)c[nH]c12. The van der Waals surface area contributed by atoms with Crippen LogP contribution in [0, 0.1) is 6.92 Å². The van der Waals surface area contributed by atoms with Crippen molar-refractivity contribution in [2.45, 2.75) is 20.3 Å². The van der Waals surface area contributed by atoms with E-state index in [4.69, 9.17) is 4.74 Å². The molecule has 0 amide bonds. The number of aryl methyl sites for hydroxylation is 1. The Hall–Kier alpha value is -2.62. The lowest BCUT2D eigenvalue weighted by Crippen LogP contribution is -2.09. The maximum atomic E-state index is 12.9. The van der Waals surface area contributed by atoms with Gasteiger partial charge in [-0.15, -0.1) is 0 Å². The predicted octanol–water partition coefficient (Wildman–Crippen LogP) is 3.69. The number of H-pyrrole nitrogens is 1. The molecule has 0 radical (unpaired) electrons. The van der Waals surface area contributed by atoms with E-state index in [-0.39, 0.29) is 5.43 Å². The van der Waals surface area contributed by atoms with Crippen LogP contribution in [-0.4, -0.2) is 16.6 Å². The van der Waals surface area contributed by atoms with E-state index >= 15 is 0 Å². The standard InChI is InChI=1S/C18H18N2O2/c1-3-10-22-15-5-4-12(2)16-17(15)20-11-14(18(16)21)13-6-8-19-9-7-13/h4-9,11H,3,10H2,1-2H3,(H,20,21). The minimum Gasteiger partial charge on any atom is -0.491 e. The molecule has 0 spiro atoms. The maximum absolute atomic E-state index is 12.9. The van der Waals surface area contributed by atoms with Gasteiger partial charge in [-0.05, 0) is 42.7 Å². The van der Waals surface area contributed by atoms with Gasteiger partial charge < -0.3 is 9.72 Å². The van der Waals surface area contributed by atoms with Crippen LogP contribution in [0.1, 0.15) is 18.9 Å². The minimum atomic E-state index is 0.0133. The third-order valence-corrected chi connectivity index (χ3v) is 3.66. The van der Waals surface area contributed by atoms with Crippen molar-refractivity contribution in [3.05, 3.63) is 58.6 Å². The van der Waals surface area contributed by atoms with Gasteiger partial charge in [0.25, 0.3) is 0 Å². The molecule has 4 heteroatoms. The molecule has 0 aliphatic rings. The number of pyridine rings is 2. The second kappa shape index (κ2) is 6.02. The van der Waals surface area contributed by atoms with Crippen LogP contribution in [0.4, 0.5) is 0 Å². The largest absolute Gasteiger partial charge is 0.491 e. The molecule has 0 atom stereocenters. The summed E-state index contributed by atoms with van der Waals surface area (Å²) >= 11 is 0. The van der Waals surface area contributed by atoms with E-state index in [1.54, 1.807) is 18.6 Å². The molecule has 0 aliphatic carbocycles. The van der Waals surface area contributed by atoms with Crippen LogP contribution in [0.3, 0.4) is 0 Å². The number of aromatic amines is 1. The molecule has 3 rings (SSSR count). The lowest BCUT2D eigenvalue weighted by molar-refractivity contribution is 0.320. The lowest BCUT2D eigenvalue weighted by atomic mass is 10.0. The third-order valence-electron chi connectivity index (χ3n) is 3.66. The van der Waals surface area contributed by atoms with Gasteiger partial charge in [0, 0.05) is 24.2 Å². The number of fused-ring (bicyclic) bond motifs is 1. The van der Waals surface area contributed by atoms with Crippen molar-refractivity contribution in [1.29, 1.82) is 0 Å². The molecule has 0 fully saturated rings. The Kier molecular flexibility index (Phi) is 3.92. The van der Waals surface area contributed by atoms with E-state index in [1.807, 2.05) is 31.2 Å². The van der Waals surface area contributed by atoms with Gasteiger partial charge in [0.2, 0.25) is 0 Å². The van der Waals surface area contributed by atoms with Crippen molar-refractivity contribution >= 4 is 10.9 Å². The molecule has 3 aromatic rings. The fourth-order valence-electron chi connectivity index (χ4n) is 2.55. The number of nitrogens with one attached hydrogen (secondary N) is 1. The first-order chi connectivity index (χ1) is 10.7. The molecule has 0 aliphatic heterocycles. The fourth-order valence-corrected chi connectivity index (χ4v) is 2.55. The highest BCUT2D eigenvalue weighted by Crippen LogP contribution is 2.26. The average molecular weight is 294 g/mol. The van der Waals surface area contributed by atoms with Crippen LogP contribution in [0.2, 0.25) is 0 Å². The summed E-state index contributed by atoms with van der Waals surface area (Å²) in [6.07, 6.45) is 6.05. The smallest absolute Gasteiger partial charge is 0.197 e. The summed E-state index contributed by atoms with van der Waals surface area (Å²) in [6.45, 7) is 4.63. The van der Waals surface area contributed by atoms with Crippen LogP contribution in [0.15, 0.2) is 47.7 Å². The highest BCUT2D eigenvalue weighted by Gasteiger charge is 2.12.